The Morgan fingerprint density at radius 1 is 1.00 bits per heavy atom. The van der Waals surface area contributed by atoms with Crippen LogP contribution in [0.4, 0.5) is 11.4 Å². The molecule has 124 valence electrons. The van der Waals surface area contributed by atoms with Crippen LogP contribution < -0.4 is 5.32 Å². The van der Waals surface area contributed by atoms with Crippen LogP contribution in [0, 0.1) is 12.1 Å². The summed E-state index contributed by atoms with van der Waals surface area (Å²) < 4.78 is 2.52. The number of hydrogen-bond acceptors (Lipinski definition) is 2. The van der Waals surface area contributed by atoms with Crippen molar-refractivity contribution in [3.63, 3.8) is 0 Å². The van der Waals surface area contributed by atoms with Crippen molar-refractivity contribution in [2.45, 2.75) is 12.3 Å². The summed E-state index contributed by atoms with van der Waals surface area (Å²) in [5.41, 5.74) is 3.62. The van der Waals surface area contributed by atoms with Gasteiger partial charge in [-0.1, -0.05) is 60.7 Å². The van der Waals surface area contributed by atoms with Gasteiger partial charge in [-0.15, -0.1) is 11.3 Å². The van der Waals surface area contributed by atoms with Gasteiger partial charge < -0.3 is 5.32 Å². The number of allylic oxidation sites excluding steroid dienone is 4. The average Bonchev–Trinajstić information content (AvgIpc) is 3.09. The van der Waals surface area contributed by atoms with Gasteiger partial charge in [-0.25, -0.2) is 0 Å². The van der Waals surface area contributed by atoms with Crippen molar-refractivity contribution in [1.29, 1.82) is 0 Å². The van der Waals surface area contributed by atoms with Crippen LogP contribution in [0.25, 0.3) is 20.2 Å². The summed E-state index contributed by atoms with van der Waals surface area (Å²) in [6.07, 6.45) is 9.84. The molecule has 1 aromatic heterocycles. The molecule has 1 N–H and O–H groups in total. The van der Waals surface area contributed by atoms with Crippen molar-refractivity contribution in [3.05, 3.63) is 96.6 Å². The van der Waals surface area contributed by atoms with Gasteiger partial charge in [0.1, 0.15) is 0 Å². The predicted octanol–water partition coefficient (Wildman–Crippen LogP) is 7.00. The topological polar surface area (TPSA) is 12.0 Å². The van der Waals surface area contributed by atoms with Crippen molar-refractivity contribution in [1.82, 2.24) is 0 Å². The molecule has 3 aromatic carbocycles. The van der Waals surface area contributed by atoms with E-state index in [1.807, 2.05) is 6.07 Å². The number of benzene rings is 2. The maximum atomic E-state index is 3.59. The summed E-state index contributed by atoms with van der Waals surface area (Å²) in [5, 5.41) is 5.99. The minimum Gasteiger partial charge on any atom is -0.354 e. The third-order valence-corrected chi connectivity index (χ3v) is 6.06. The second kappa shape index (κ2) is 6.37. The minimum absolute atomic E-state index is 0.492. The first-order valence-corrected chi connectivity index (χ1v) is 9.64. The molecule has 1 heterocycles. The third-order valence-electron chi connectivity index (χ3n) is 4.86. The third kappa shape index (κ3) is 2.67. The summed E-state index contributed by atoms with van der Waals surface area (Å²) in [6, 6.07) is 25.6. The monoisotopic (exact) mass is 351 g/mol. The first kappa shape index (κ1) is 15.3. The van der Waals surface area contributed by atoms with Gasteiger partial charge in [-0.05, 0) is 42.3 Å². The van der Waals surface area contributed by atoms with Crippen LogP contribution in [0.15, 0.2) is 78.9 Å². The maximum Gasteiger partial charge on any atom is 0.0597 e. The molecule has 0 radical (unpaired) electrons. The van der Waals surface area contributed by atoms with Crippen molar-refractivity contribution in [2.24, 2.45) is 0 Å². The van der Waals surface area contributed by atoms with Crippen LogP contribution in [0.5, 0.6) is 0 Å². The maximum absolute atomic E-state index is 3.59. The molecule has 5 rings (SSSR count). The van der Waals surface area contributed by atoms with E-state index in [9.17, 15) is 0 Å². The molecular formula is C24H17NS. The number of fused-ring (bicyclic) bond motifs is 3. The molecule has 2 heteroatoms. The highest BCUT2D eigenvalue weighted by Crippen LogP contribution is 2.38. The van der Waals surface area contributed by atoms with Gasteiger partial charge in [0, 0.05) is 21.7 Å². The van der Waals surface area contributed by atoms with E-state index in [2.05, 4.69) is 90.3 Å². The lowest BCUT2D eigenvalue weighted by molar-refractivity contribution is 0.854. The van der Waals surface area contributed by atoms with Gasteiger partial charge in [0.25, 0.3) is 0 Å². The normalized spacial score (nSPS) is 16.1. The minimum atomic E-state index is 0.492. The molecule has 0 amide bonds. The highest BCUT2D eigenvalue weighted by atomic mass is 32.1. The van der Waals surface area contributed by atoms with Crippen LogP contribution >= 0.6 is 11.3 Å². The van der Waals surface area contributed by atoms with Crippen LogP contribution in [0.3, 0.4) is 0 Å². The Kier molecular flexibility index (Phi) is 3.74. The Bertz CT molecular complexity index is 1130. The van der Waals surface area contributed by atoms with Crippen LogP contribution in [0.2, 0.25) is 0 Å². The number of nitrogens with one attached hydrogen (secondary N) is 1. The van der Waals surface area contributed by atoms with E-state index in [1.165, 1.54) is 20.3 Å². The SMILES string of the molecule is c1ccc2sc3c(Nc4ccc(C5C=CC=CC5)cc4)cccc3c2c#1. The van der Waals surface area contributed by atoms with Crippen LogP contribution in [-0.2, 0) is 0 Å². The molecule has 1 aliphatic rings. The predicted molar refractivity (Wildman–Crippen MR) is 112 cm³/mol. The van der Waals surface area contributed by atoms with Gasteiger partial charge >= 0.3 is 0 Å². The molecule has 0 saturated carbocycles. The lowest BCUT2D eigenvalue weighted by atomic mass is 9.92. The van der Waals surface area contributed by atoms with E-state index >= 15 is 0 Å². The fourth-order valence-electron chi connectivity index (χ4n) is 3.51. The summed E-state index contributed by atoms with van der Waals surface area (Å²) >= 11 is 1.80. The molecule has 0 saturated heterocycles. The molecule has 26 heavy (non-hydrogen) atoms. The molecule has 0 fully saturated rings. The fraction of sp³-hybridized carbons (Fsp3) is 0.0833. The van der Waals surface area contributed by atoms with Crippen molar-refractivity contribution in [3.8, 4) is 0 Å². The van der Waals surface area contributed by atoms with Gasteiger partial charge in [0.05, 0.1) is 15.8 Å². The van der Waals surface area contributed by atoms with E-state index in [4.69, 9.17) is 0 Å². The van der Waals surface area contributed by atoms with Crippen LogP contribution in [0.1, 0.15) is 17.9 Å². The van der Waals surface area contributed by atoms with Gasteiger partial charge in [-0.3, -0.25) is 0 Å². The molecule has 1 unspecified atom stereocenters. The van der Waals surface area contributed by atoms with E-state index in [1.54, 1.807) is 11.3 Å². The largest absolute Gasteiger partial charge is 0.354 e. The Balaban J connectivity index is 1.47. The Morgan fingerprint density at radius 3 is 2.77 bits per heavy atom. The smallest absolute Gasteiger partial charge is 0.0597 e. The number of rotatable bonds is 3. The second-order valence-corrected chi connectivity index (χ2v) is 7.58. The first-order chi connectivity index (χ1) is 12.9. The van der Waals surface area contributed by atoms with E-state index in [-0.39, 0.29) is 0 Å². The lowest BCUT2D eigenvalue weighted by Crippen LogP contribution is -1.97. The highest BCUT2D eigenvalue weighted by molar-refractivity contribution is 7.26. The molecule has 1 nitrogen and oxygen atoms in total. The van der Waals surface area contributed by atoms with E-state index < -0.39 is 0 Å². The molecule has 0 bridgehead atoms. The lowest BCUT2D eigenvalue weighted by Gasteiger charge is -2.14. The molecule has 1 atom stereocenters. The molecule has 4 aromatic rings. The highest BCUT2D eigenvalue weighted by Gasteiger charge is 2.10. The van der Waals surface area contributed by atoms with Crippen molar-refractivity contribution in [2.75, 3.05) is 5.32 Å². The van der Waals surface area contributed by atoms with Gasteiger partial charge in [0.2, 0.25) is 0 Å². The quantitative estimate of drug-likeness (QED) is 0.419. The zero-order chi connectivity index (χ0) is 17.3. The zero-order valence-electron chi connectivity index (χ0n) is 14.2. The molecule has 1 aliphatic carbocycles. The molecule has 0 aliphatic heterocycles. The first-order valence-electron chi connectivity index (χ1n) is 8.82. The summed E-state index contributed by atoms with van der Waals surface area (Å²) in [6.45, 7) is 0. The zero-order valence-corrected chi connectivity index (χ0v) is 15.0. The van der Waals surface area contributed by atoms with Crippen molar-refractivity contribution >= 4 is 42.9 Å². The summed E-state index contributed by atoms with van der Waals surface area (Å²) in [7, 11) is 0. The Hall–Kier alpha value is -3.02. The standard InChI is InChI=1S/C24H17NS/c1-2-7-17(8-3-1)18-13-15-19(16-14-18)25-22-11-6-10-21-20-9-4-5-12-23(20)26-24(21)22/h1-3,5-7,10-17,25H,8H2. The van der Waals surface area contributed by atoms with Gasteiger partial charge in [0.15, 0.2) is 0 Å². The van der Waals surface area contributed by atoms with Crippen molar-refractivity contribution < 1.29 is 0 Å². The Morgan fingerprint density at radius 2 is 1.92 bits per heavy atom. The summed E-state index contributed by atoms with van der Waals surface area (Å²) in [4.78, 5) is 0. The number of thiophene rings is 1. The molecule has 0 spiro atoms. The fourth-order valence-corrected chi connectivity index (χ4v) is 4.64. The van der Waals surface area contributed by atoms with E-state index in [0.29, 0.717) is 5.92 Å². The number of hydrogen-bond donors (Lipinski definition) is 1. The Labute approximate surface area is 157 Å². The van der Waals surface area contributed by atoms with E-state index in [0.717, 1.165) is 23.2 Å². The molecular weight excluding hydrogens is 334 g/mol. The van der Waals surface area contributed by atoms with Gasteiger partial charge in [-0.2, -0.15) is 0 Å². The number of anilines is 2. The van der Waals surface area contributed by atoms with Crippen LogP contribution in [-0.4, -0.2) is 0 Å². The average molecular weight is 351 g/mol. The summed E-state index contributed by atoms with van der Waals surface area (Å²) in [5.74, 6) is 0.492. The second-order valence-electron chi connectivity index (χ2n) is 6.53.